The van der Waals surface area contributed by atoms with E-state index in [1.54, 1.807) is 12.5 Å². The Labute approximate surface area is 94.8 Å². The Morgan fingerprint density at radius 1 is 1.62 bits per heavy atom. The molecule has 1 aromatic heterocycles. The highest BCUT2D eigenvalue weighted by Crippen LogP contribution is 2.22. The Morgan fingerprint density at radius 2 is 2.31 bits per heavy atom. The molecular formula is C8H11Br2N3. The van der Waals surface area contributed by atoms with E-state index in [0.717, 1.165) is 15.6 Å². The summed E-state index contributed by atoms with van der Waals surface area (Å²) in [7, 11) is 2.01. The normalized spacial score (nSPS) is 12.6. The van der Waals surface area contributed by atoms with Crippen molar-refractivity contribution in [1.29, 1.82) is 0 Å². The maximum atomic E-state index is 4.19. The van der Waals surface area contributed by atoms with Crippen LogP contribution >= 0.6 is 31.9 Å². The summed E-state index contributed by atoms with van der Waals surface area (Å²) < 4.78 is 0.922. The summed E-state index contributed by atoms with van der Waals surface area (Å²) in [6.45, 7) is 2.13. The molecule has 0 spiro atoms. The van der Waals surface area contributed by atoms with Gasteiger partial charge in [-0.15, -0.1) is 0 Å². The Bertz CT molecular complexity index is 280. The molecule has 1 unspecified atom stereocenters. The van der Waals surface area contributed by atoms with E-state index < -0.39 is 0 Å². The van der Waals surface area contributed by atoms with Gasteiger partial charge < -0.3 is 4.90 Å². The van der Waals surface area contributed by atoms with Gasteiger partial charge in [0.1, 0.15) is 12.1 Å². The molecule has 0 N–H and O–H groups in total. The SMILES string of the molecule is CC(CBr)N(C)c1ncncc1Br. The third kappa shape index (κ3) is 2.64. The van der Waals surface area contributed by atoms with Crippen LogP contribution in [0.5, 0.6) is 0 Å². The first kappa shape index (κ1) is 10.9. The number of hydrogen-bond donors (Lipinski definition) is 0. The van der Waals surface area contributed by atoms with Crippen LogP contribution in [-0.4, -0.2) is 28.4 Å². The third-order valence-corrected chi connectivity index (χ3v) is 3.36. The number of alkyl halides is 1. The Hall–Kier alpha value is -0.160. The topological polar surface area (TPSA) is 29.0 Å². The van der Waals surface area contributed by atoms with Gasteiger partial charge in [-0.3, -0.25) is 0 Å². The van der Waals surface area contributed by atoms with E-state index >= 15 is 0 Å². The summed E-state index contributed by atoms with van der Waals surface area (Å²) in [6.07, 6.45) is 3.30. The zero-order valence-electron chi connectivity index (χ0n) is 7.54. The summed E-state index contributed by atoms with van der Waals surface area (Å²) >= 11 is 6.85. The van der Waals surface area contributed by atoms with E-state index in [-0.39, 0.29) is 0 Å². The summed E-state index contributed by atoms with van der Waals surface area (Å²) in [4.78, 5) is 10.2. The van der Waals surface area contributed by atoms with Crippen LogP contribution in [0.25, 0.3) is 0 Å². The fraction of sp³-hybridized carbons (Fsp3) is 0.500. The highest BCUT2D eigenvalue weighted by Gasteiger charge is 2.12. The largest absolute Gasteiger partial charge is 0.355 e. The van der Waals surface area contributed by atoms with Crippen molar-refractivity contribution in [3.63, 3.8) is 0 Å². The summed E-state index contributed by atoms with van der Waals surface area (Å²) in [5.41, 5.74) is 0. The molecule has 0 aliphatic rings. The van der Waals surface area contributed by atoms with Crippen LogP contribution in [0.4, 0.5) is 5.82 Å². The number of aromatic nitrogens is 2. The molecule has 0 saturated carbocycles. The number of halogens is 2. The highest BCUT2D eigenvalue weighted by atomic mass is 79.9. The van der Waals surface area contributed by atoms with Gasteiger partial charge in [0.2, 0.25) is 0 Å². The predicted molar refractivity (Wildman–Crippen MR) is 61.4 cm³/mol. The first-order valence-corrected chi connectivity index (χ1v) is 5.82. The average Bonchev–Trinajstić information content (AvgIpc) is 2.16. The van der Waals surface area contributed by atoms with E-state index in [1.807, 2.05) is 7.05 Å². The Morgan fingerprint density at radius 3 is 2.85 bits per heavy atom. The molecule has 3 nitrogen and oxygen atoms in total. The standard InChI is InChI=1S/C8H11Br2N3/c1-6(3-9)13(2)8-7(10)4-11-5-12-8/h4-6H,3H2,1-2H3. The van der Waals surface area contributed by atoms with Gasteiger partial charge in [-0.25, -0.2) is 9.97 Å². The first-order chi connectivity index (χ1) is 6.16. The summed E-state index contributed by atoms with van der Waals surface area (Å²) in [6, 6.07) is 0.409. The van der Waals surface area contributed by atoms with Crippen molar-refractivity contribution in [2.45, 2.75) is 13.0 Å². The number of rotatable bonds is 3. The van der Waals surface area contributed by atoms with Gasteiger partial charge in [0.05, 0.1) is 4.47 Å². The highest BCUT2D eigenvalue weighted by molar-refractivity contribution is 9.10. The molecule has 0 bridgehead atoms. The van der Waals surface area contributed by atoms with E-state index in [1.165, 1.54) is 0 Å². The summed E-state index contributed by atoms with van der Waals surface area (Å²) in [5, 5.41) is 0.917. The minimum Gasteiger partial charge on any atom is -0.355 e. The molecule has 0 saturated heterocycles. The van der Waals surface area contributed by atoms with Crippen LogP contribution in [-0.2, 0) is 0 Å². The van der Waals surface area contributed by atoms with Crippen LogP contribution in [0.15, 0.2) is 17.0 Å². The third-order valence-electron chi connectivity index (χ3n) is 1.87. The molecule has 0 aliphatic heterocycles. The lowest BCUT2D eigenvalue weighted by molar-refractivity contribution is 0.753. The molecule has 0 aromatic carbocycles. The minimum absolute atomic E-state index is 0.409. The van der Waals surface area contributed by atoms with Crippen molar-refractivity contribution in [1.82, 2.24) is 9.97 Å². The Kier molecular flexibility index (Phi) is 4.12. The lowest BCUT2D eigenvalue weighted by Crippen LogP contribution is -2.31. The van der Waals surface area contributed by atoms with Crippen LogP contribution in [0.2, 0.25) is 0 Å². The first-order valence-electron chi connectivity index (χ1n) is 3.91. The maximum Gasteiger partial charge on any atom is 0.146 e. The van der Waals surface area contributed by atoms with Gasteiger partial charge >= 0.3 is 0 Å². The van der Waals surface area contributed by atoms with Crippen LogP contribution in [0.1, 0.15) is 6.92 Å². The van der Waals surface area contributed by atoms with Gasteiger partial charge in [-0.1, -0.05) is 15.9 Å². The molecule has 1 atom stereocenters. The molecule has 1 aromatic rings. The number of hydrogen-bond acceptors (Lipinski definition) is 3. The van der Waals surface area contributed by atoms with Crippen molar-refractivity contribution >= 4 is 37.7 Å². The van der Waals surface area contributed by atoms with Gasteiger partial charge in [0.25, 0.3) is 0 Å². The molecule has 5 heteroatoms. The van der Waals surface area contributed by atoms with Gasteiger partial charge in [0.15, 0.2) is 0 Å². The fourth-order valence-electron chi connectivity index (χ4n) is 0.878. The second kappa shape index (κ2) is 4.91. The lowest BCUT2D eigenvalue weighted by atomic mass is 10.3. The van der Waals surface area contributed by atoms with Gasteiger partial charge in [-0.2, -0.15) is 0 Å². The van der Waals surface area contributed by atoms with E-state index in [9.17, 15) is 0 Å². The predicted octanol–water partition coefficient (Wildman–Crippen LogP) is 2.46. The molecule has 0 radical (unpaired) electrons. The van der Waals surface area contributed by atoms with Crippen molar-refractivity contribution in [2.24, 2.45) is 0 Å². The molecular weight excluding hydrogens is 298 g/mol. The van der Waals surface area contributed by atoms with Crippen molar-refractivity contribution in [3.8, 4) is 0 Å². The van der Waals surface area contributed by atoms with Crippen LogP contribution in [0, 0.1) is 0 Å². The molecule has 72 valence electrons. The summed E-state index contributed by atoms with van der Waals surface area (Å²) in [5.74, 6) is 0.918. The van der Waals surface area contributed by atoms with Crippen LogP contribution in [0.3, 0.4) is 0 Å². The van der Waals surface area contributed by atoms with E-state index in [0.29, 0.717) is 6.04 Å². The van der Waals surface area contributed by atoms with Gasteiger partial charge in [0, 0.05) is 24.6 Å². The lowest BCUT2D eigenvalue weighted by Gasteiger charge is -2.24. The Balaban J connectivity index is 2.88. The molecule has 0 aliphatic carbocycles. The maximum absolute atomic E-state index is 4.19. The van der Waals surface area contributed by atoms with Crippen molar-refractivity contribution in [3.05, 3.63) is 17.0 Å². The van der Waals surface area contributed by atoms with Crippen molar-refractivity contribution in [2.75, 3.05) is 17.3 Å². The van der Waals surface area contributed by atoms with E-state index in [2.05, 4.69) is 53.7 Å². The second-order valence-electron chi connectivity index (χ2n) is 2.81. The molecule has 0 fully saturated rings. The molecule has 1 heterocycles. The zero-order chi connectivity index (χ0) is 9.84. The molecule has 0 amide bonds. The van der Waals surface area contributed by atoms with Gasteiger partial charge in [-0.05, 0) is 22.9 Å². The fourth-order valence-corrected chi connectivity index (χ4v) is 1.81. The van der Waals surface area contributed by atoms with Crippen LogP contribution < -0.4 is 4.90 Å². The molecule has 13 heavy (non-hydrogen) atoms. The smallest absolute Gasteiger partial charge is 0.146 e. The quantitative estimate of drug-likeness (QED) is 0.803. The monoisotopic (exact) mass is 307 g/mol. The zero-order valence-corrected chi connectivity index (χ0v) is 10.7. The minimum atomic E-state index is 0.409. The second-order valence-corrected chi connectivity index (χ2v) is 4.31. The number of nitrogens with zero attached hydrogens (tertiary/aromatic N) is 3. The number of anilines is 1. The average molecular weight is 309 g/mol. The van der Waals surface area contributed by atoms with Crippen molar-refractivity contribution < 1.29 is 0 Å². The molecule has 1 rings (SSSR count). The van der Waals surface area contributed by atoms with E-state index in [4.69, 9.17) is 0 Å².